The Morgan fingerprint density at radius 2 is 2.11 bits per heavy atom. The van der Waals surface area contributed by atoms with Gasteiger partial charge in [0.25, 0.3) is 0 Å². The summed E-state index contributed by atoms with van der Waals surface area (Å²) in [7, 11) is 0. The summed E-state index contributed by atoms with van der Waals surface area (Å²) in [6.45, 7) is 5.26. The number of aryl methyl sites for hydroxylation is 2. The number of fused-ring (bicyclic) bond motifs is 1. The maximum atomic E-state index is 5.78. The minimum atomic E-state index is 0.765. The van der Waals surface area contributed by atoms with Gasteiger partial charge in [0.15, 0.2) is 0 Å². The molecule has 1 fully saturated rings. The van der Waals surface area contributed by atoms with E-state index >= 15 is 0 Å². The van der Waals surface area contributed by atoms with Crippen molar-refractivity contribution < 1.29 is 4.74 Å². The first-order valence-electron chi connectivity index (χ1n) is 6.91. The summed E-state index contributed by atoms with van der Waals surface area (Å²) in [5.74, 6) is 3.34. The number of thioether (sulfide) groups is 1. The van der Waals surface area contributed by atoms with E-state index in [4.69, 9.17) is 4.74 Å². The minimum absolute atomic E-state index is 0.765. The highest BCUT2D eigenvalue weighted by atomic mass is 32.2. The lowest BCUT2D eigenvalue weighted by molar-refractivity contribution is 0.216. The van der Waals surface area contributed by atoms with Crippen molar-refractivity contribution in [1.29, 1.82) is 0 Å². The molecule has 0 aromatic carbocycles. The number of hydrogen-bond acceptors (Lipinski definition) is 4. The summed E-state index contributed by atoms with van der Waals surface area (Å²) in [6.07, 6.45) is 3.69. The average molecular weight is 267 g/mol. The molecule has 2 aliphatic rings. The van der Waals surface area contributed by atoms with Crippen LogP contribution in [-0.4, -0.2) is 52.4 Å². The first-order valence-corrected chi connectivity index (χ1v) is 8.07. The highest BCUT2D eigenvalue weighted by molar-refractivity contribution is 7.99. The fraction of sp³-hybridized carbons (Fsp3) is 0.769. The van der Waals surface area contributed by atoms with Crippen LogP contribution < -0.4 is 4.74 Å². The smallest absolute Gasteiger partial charge is 0.233 e. The predicted octanol–water partition coefficient (Wildman–Crippen LogP) is 1.65. The summed E-state index contributed by atoms with van der Waals surface area (Å²) in [6, 6.07) is 2.12. The fourth-order valence-corrected chi connectivity index (χ4v) is 3.54. The van der Waals surface area contributed by atoms with Crippen molar-refractivity contribution in [3.05, 3.63) is 11.8 Å². The molecule has 1 aromatic rings. The summed E-state index contributed by atoms with van der Waals surface area (Å²) < 4.78 is 7.89. The van der Waals surface area contributed by atoms with Crippen LogP contribution in [0.2, 0.25) is 0 Å². The predicted molar refractivity (Wildman–Crippen MR) is 74.4 cm³/mol. The van der Waals surface area contributed by atoms with Crippen LogP contribution in [0.1, 0.15) is 18.5 Å². The van der Waals surface area contributed by atoms with E-state index in [0.29, 0.717) is 0 Å². The van der Waals surface area contributed by atoms with Crippen molar-refractivity contribution in [3.8, 4) is 5.88 Å². The molecule has 5 heteroatoms. The zero-order valence-corrected chi connectivity index (χ0v) is 11.6. The van der Waals surface area contributed by atoms with Crippen molar-refractivity contribution in [3.63, 3.8) is 0 Å². The Kier molecular flexibility index (Phi) is 4.10. The summed E-state index contributed by atoms with van der Waals surface area (Å²) in [5.41, 5.74) is 1.34. The molecule has 0 radical (unpaired) electrons. The van der Waals surface area contributed by atoms with Gasteiger partial charge in [0.2, 0.25) is 5.88 Å². The van der Waals surface area contributed by atoms with Crippen molar-refractivity contribution >= 4 is 11.8 Å². The van der Waals surface area contributed by atoms with Crippen molar-refractivity contribution in [2.24, 2.45) is 0 Å². The lowest BCUT2D eigenvalue weighted by atomic mass is 10.1. The van der Waals surface area contributed by atoms with Crippen molar-refractivity contribution in [2.75, 3.05) is 37.7 Å². The Balaban J connectivity index is 1.46. The number of nitrogens with zero attached hydrogens (tertiary/aromatic N) is 3. The second-order valence-electron chi connectivity index (χ2n) is 4.96. The van der Waals surface area contributed by atoms with Crippen LogP contribution in [0.5, 0.6) is 5.88 Å². The molecule has 0 atom stereocenters. The van der Waals surface area contributed by atoms with Crippen LogP contribution in [-0.2, 0) is 13.0 Å². The molecule has 1 aromatic heterocycles. The van der Waals surface area contributed by atoms with Crippen LogP contribution >= 0.6 is 11.8 Å². The van der Waals surface area contributed by atoms with Crippen LogP contribution in [0.4, 0.5) is 0 Å². The second-order valence-corrected chi connectivity index (χ2v) is 6.18. The fourth-order valence-electron chi connectivity index (χ4n) is 2.57. The lowest BCUT2D eigenvalue weighted by Crippen LogP contribution is -2.35. The first-order chi connectivity index (χ1) is 8.92. The van der Waals surface area contributed by atoms with Crippen LogP contribution in [0, 0.1) is 0 Å². The number of hydrogen-bond donors (Lipinski definition) is 0. The van der Waals surface area contributed by atoms with E-state index in [-0.39, 0.29) is 0 Å². The molecule has 100 valence electrons. The molecule has 0 saturated carbocycles. The van der Waals surface area contributed by atoms with E-state index in [1.54, 1.807) is 0 Å². The third-order valence-corrected chi connectivity index (χ3v) is 4.60. The highest BCUT2D eigenvalue weighted by Crippen LogP contribution is 2.19. The van der Waals surface area contributed by atoms with Gasteiger partial charge in [-0.25, -0.2) is 0 Å². The Morgan fingerprint density at radius 1 is 1.22 bits per heavy atom. The van der Waals surface area contributed by atoms with E-state index < -0.39 is 0 Å². The molecule has 0 unspecified atom stereocenters. The number of ether oxygens (including phenoxy) is 1. The zero-order chi connectivity index (χ0) is 12.2. The zero-order valence-electron chi connectivity index (χ0n) is 10.8. The molecule has 1 saturated heterocycles. The Morgan fingerprint density at radius 3 is 2.94 bits per heavy atom. The summed E-state index contributed by atoms with van der Waals surface area (Å²) in [5, 5.41) is 4.51. The van der Waals surface area contributed by atoms with Gasteiger partial charge in [0.1, 0.15) is 6.61 Å². The largest absolute Gasteiger partial charge is 0.475 e. The van der Waals surface area contributed by atoms with E-state index in [2.05, 4.69) is 20.7 Å². The quantitative estimate of drug-likeness (QED) is 0.830. The molecule has 0 amide bonds. The molecule has 3 rings (SSSR count). The van der Waals surface area contributed by atoms with E-state index in [9.17, 15) is 0 Å². The average Bonchev–Trinajstić information content (AvgIpc) is 2.82. The molecule has 0 bridgehead atoms. The maximum Gasteiger partial charge on any atom is 0.233 e. The molecule has 4 nitrogen and oxygen atoms in total. The Bertz CT molecular complexity index is 364. The van der Waals surface area contributed by atoms with E-state index in [0.717, 1.165) is 32.0 Å². The van der Waals surface area contributed by atoms with E-state index in [1.807, 2.05) is 11.8 Å². The monoisotopic (exact) mass is 267 g/mol. The number of rotatable bonds is 4. The minimum Gasteiger partial charge on any atom is -0.475 e. The third kappa shape index (κ3) is 3.01. The standard InChI is InChI=1S/C13H21N3OS/c1-2-4-16-12(3-1)11-13(14-16)17-8-5-15-6-9-18-10-7-15/h11H,1-10H2. The van der Waals surface area contributed by atoms with Gasteiger partial charge in [-0.05, 0) is 19.3 Å². The van der Waals surface area contributed by atoms with Crippen molar-refractivity contribution in [2.45, 2.75) is 25.8 Å². The van der Waals surface area contributed by atoms with Gasteiger partial charge in [-0.15, -0.1) is 5.10 Å². The van der Waals surface area contributed by atoms with Gasteiger partial charge < -0.3 is 4.74 Å². The normalized spacial score (nSPS) is 20.7. The SMILES string of the molecule is c1c(OCCN2CCSCC2)nn2c1CCCC2. The van der Waals surface area contributed by atoms with Gasteiger partial charge in [0, 0.05) is 49.4 Å². The number of aromatic nitrogens is 2. The van der Waals surface area contributed by atoms with Crippen LogP contribution in [0.15, 0.2) is 6.07 Å². The lowest BCUT2D eigenvalue weighted by Gasteiger charge is -2.25. The molecule has 18 heavy (non-hydrogen) atoms. The molecule has 0 N–H and O–H groups in total. The molecule has 0 aliphatic carbocycles. The molecule has 0 spiro atoms. The molecular weight excluding hydrogens is 246 g/mol. The van der Waals surface area contributed by atoms with E-state index in [1.165, 1.54) is 43.1 Å². The summed E-state index contributed by atoms with van der Waals surface area (Å²) in [4.78, 5) is 2.48. The first kappa shape index (κ1) is 12.4. The third-order valence-electron chi connectivity index (χ3n) is 3.65. The molecule has 2 aliphatic heterocycles. The molecular formula is C13H21N3OS. The Labute approximate surface area is 113 Å². The van der Waals surface area contributed by atoms with Gasteiger partial charge in [-0.3, -0.25) is 9.58 Å². The van der Waals surface area contributed by atoms with Gasteiger partial charge in [-0.1, -0.05) is 0 Å². The second kappa shape index (κ2) is 5.97. The summed E-state index contributed by atoms with van der Waals surface area (Å²) >= 11 is 2.05. The van der Waals surface area contributed by atoms with Crippen LogP contribution in [0.3, 0.4) is 0 Å². The highest BCUT2D eigenvalue weighted by Gasteiger charge is 2.13. The maximum absolute atomic E-state index is 5.78. The van der Waals surface area contributed by atoms with Gasteiger partial charge in [0.05, 0.1) is 0 Å². The van der Waals surface area contributed by atoms with Gasteiger partial charge >= 0.3 is 0 Å². The topological polar surface area (TPSA) is 30.3 Å². The van der Waals surface area contributed by atoms with Crippen molar-refractivity contribution in [1.82, 2.24) is 14.7 Å². The Hall–Kier alpha value is -0.680. The van der Waals surface area contributed by atoms with Gasteiger partial charge in [-0.2, -0.15) is 11.8 Å². The van der Waals surface area contributed by atoms with Crippen LogP contribution in [0.25, 0.3) is 0 Å². The molecule has 3 heterocycles.